The van der Waals surface area contributed by atoms with E-state index in [0.717, 1.165) is 29.3 Å². The van der Waals surface area contributed by atoms with E-state index < -0.39 is 5.69 Å². The third-order valence-corrected chi connectivity index (χ3v) is 6.19. The minimum Gasteiger partial charge on any atom is -0.341 e. The number of rotatable bonds is 3. The molecule has 0 radical (unpaired) electrons. The molecule has 0 N–H and O–H groups in total. The van der Waals surface area contributed by atoms with Crippen molar-refractivity contribution < 1.29 is 4.79 Å². The molecule has 31 heavy (non-hydrogen) atoms. The number of aromatic nitrogens is 3. The van der Waals surface area contributed by atoms with Crippen LogP contribution in [0.5, 0.6) is 0 Å². The summed E-state index contributed by atoms with van der Waals surface area (Å²) in [6.07, 6.45) is 1.96. The van der Waals surface area contributed by atoms with Crippen LogP contribution in [-0.2, 0) is 18.4 Å². The van der Waals surface area contributed by atoms with E-state index in [4.69, 9.17) is 0 Å². The topological polar surface area (TPSA) is 69.2 Å². The van der Waals surface area contributed by atoms with E-state index in [1.54, 1.807) is 29.2 Å². The van der Waals surface area contributed by atoms with Crippen molar-refractivity contribution in [1.29, 1.82) is 0 Å². The van der Waals surface area contributed by atoms with Crippen LogP contribution in [0.1, 0.15) is 18.4 Å². The Bertz CT molecular complexity index is 1440. The largest absolute Gasteiger partial charge is 0.341 e. The van der Waals surface area contributed by atoms with Gasteiger partial charge < -0.3 is 9.47 Å². The Labute approximate surface area is 178 Å². The van der Waals surface area contributed by atoms with Crippen molar-refractivity contribution in [3.8, 4) is 5.69 Å². The average Bonchev–Trinajstić information content (AvgIpc) is 3.39. The van der Waals surface area contributed by atoms with Crippen molar-refractivity contribution >= 4 is 27.8 Å². The predicted molar refractivity (Wildman–Crippen MR) is 121 cm³/mol. The maximum absolute atomic E-state index is 13.6. The fraction of sp³-hybridized carbons (Fsp3) is 0.292. The molecule has 2 aromatic heterocycles. The monoisotopic (exact) mass is 416 g/mol. The molecule has 0 spiro atoms. The lowest BCUT2D eigenvalue weighted by molar-refractivity contribution is -0.130. The molecule has 1 aliphatic rings. The van der Waals surface area contributed by atoms with Crippen molar-refractivity contribution in [2.75, 3.05) is 13.1 Å². The molecule has 1 saturated heterocycles. The summed E-state index contributed by atoms with van der Waals surface area (Å²) in [4.78, 5) is 42.0. The third kappa shape index (κ3) is 3.00. The van der Waals surface area contributed by atoms with Gasteiger partial charge in [-0.05, 0) is 44.0 Å². The van der Waals surface area contributed by atoms with Gasteiger partial charge in [0.2, 0.25) is 5.91 Å². The lowest BCUT2D eigenvalue weighted by atomic mass is 10.1. The zero-order valence-electron chi connectivity index (χ0n) is 17.7. The molecule has 2 aromatic carbocycles. The Morgan fingerprint density at radius 1 is 0.968 bits per heavy atom. The first-order valence-electron chi connectivity index (χ1n) is 10.5. The summed E-state index contributed by atoms with van der Waals surface area (Å²) >= 11 is 0. The molecule has 0 bridgehead atoms. The SMILES string of the molecule is Cc1ccc2c(c1)c1c(c(=O)n(-c3ccccc3)c(=O)n1CC(=O)N1CCCC1)n2C. The maximum atomic E-state index is 13.6. The van der Waals surface area contributed by atoms with Crippen molar-refractivity contribution in [1.82, 2.24) is 18.6 Å². The second-order valence-corrected chi connectivity index (χ2v) is 8.21. The number of amides is 1. The van der Waals surface area contributed by atoms with Gasteiger partial charge in [-0.25, -0.2) is 9.36 Å². The highest BCUT2D eigenvalue weighted by Crippen LogP contribution is 2.27. The number of likely N-dealkylation sites (tertiary alicyclic amines) is 1. The van der Waals surface area contributed by atoms with E-state index in [1.165, 1.54) is 9.13 Å². The highest BCUT2D eigenvalue weighted by atomic mass is 16.2. The molecule has 4 aromatic rings. The van der Waals surface area contributed by atoms with Gasteiger partial charge in [-0.3, -0.25) is 14.2 Å². The summed E-state index contributed by atoms with van der Waals surface area (Å²) in [6.45, 7) is 3.31. The van der Waals surface area contributed by atoms with E-state index in [-0.39, 0.29) is 18.0 Å². The molecule has 0 unspecified atom stereocenters. The van der Waals surface area contributed by atoms with Crippen molar-refractivity contribution in [3.63, 3.8) is 0 Å². The summed E-state index contributed by atoms with van der Waals surface area (Å²) in [5.41, 5.74) is 2.43. The molecule has 0 atom stereocenters. The molecule has 7 nitrogen and oxygen atoms in total. The fourth-order valence-corrected chi connectivity index (χ4v) is 4.62. The minimum absolute atomic E-state index is 0.0878. The molecule has 158 valence electrons. The second kappa shape index (κ2) is 7.27. The second-order valence-electron chi connectivity index (χ2n) is 8.21. The number of carbonyl (C=O) groups excluding carboxylic acids is 1. The first kappa shape index (κ1) is 19.4. The van der Waals surface area contributed by atoms with Crippen LogP contribution in [0, 0.1) is 6.92 Å². The Hall–Kier alpha value is -3.61. The number of hydrogen-bond donors (Lipinski definition) is 0. The molecule has 0 saturated carbocycles. The number of fused-ring (bicyclic) bond motifs is 3. The van der Waals surface area contributed by atoms with Gasteiger partial charge in [0.25, 0.3) is 5.56 Å². The molecular formula is C24H24N4O3. The lowest BCUT2D eigenvalue weighted by Gasteiger charge is -2.18. The zero-order valence-corrected chi connectivity index (χ0v) is 17.7. The van der Waals surface area contributed by atoms with Crippen LogP contribution in [0.4, 0.5) is 0 Å². The Balaban J connectivity index is 1.88. The van der Waals surface area contributed by atoms with E-state index in [0.29, 0.717) is 29.8 Å². The number of benzene rings is 2. The van der Waals surface area contributed by atoms with Crippen LogP contribution >= 0.6 is 0 Å². The Morgan fingerprint density at radius 2 is 1.68 bits per heavy atom. The van der Waals surface area contributed by atoms with Crippen LogP contribution in [0.25, 0.3) is 27.6 Å². The van der Waals surface area contributed by atoms with Gasteiger partial charge >= 0.3 is 5.69 Å². The van der Waals surface area contributed by atoms with E-state index in [9.17, 15) is 14.4 Å². The summed E-state index contributed by atoms with van der Waals surface area (Å²) in [5.74, 6) is -0.0937. The third-order valence-electron chi connectivity index (χ3n) is 6.19. The van der Waals surface area contributed by atoms with Gasteiger partial charge in [0.1, 0.15) is 12.1 Å². The Morgan fingerprint density at radius 3 is 2.39 bits per heavy atom. The van der Waals surface area contributed by atoms with E-state index in [2.05, 4.69) is 0 Å². The zero-order chi connectivity index (χ0) is 21.7. The minimum atomic E-state index is -0.495. The quantitative estimate of drug-likeness (QED) is 0.516. The van der Waals surface area contributed by atoms with Crippen molar-refractivity contribution in [3.05, 3.63) is 74.9 Å². The van der Waals surface area contributed by atoms with Crippen LogP contribution in [0.2, 0.25) is 0 Å². The van der Waals surface area contributed by atoms with Crippen LogP contribution in [0.3, 0.4) is 0 Å². The van der Waals surface area contributed by atoms with Crippen molar-refractivity contribution in [2.24, 2.45) is 7.05 Å². The molecule has 1 fully saturated rings. The van der Waals surface area contributed by atoms with Crippen LogP contribution < -0.4 is 11.2 Å². The fourth-order valence-electron chi connectivity index (χ4n) is 4.62. The standard InChI is InChI=1S/C24H24N4O3/c1-16-10-11-19-18(14-16)21-22(25(19)2)23(30)28(17-8-4-3-5-9-17)24(31)27(21)15-20(29)26-12-6-7-13-26/h3-5,8-11,14H,6-7,12-13,15H2,1-2H3. The summed E-state index contributed by atoms with van der Waals surface area (Å²) in [7, 11) is 1.83. The summed E-state index contributed by atoms with van der Waals surface area (Å²) in [6, 6.07) is 14.8. The van der Waals surface area contributed by atoms with Gasteiger partial charge in [-0.2, -0.15) is 0 Å². The lowest BCUT2D eigenvalue weighted by Crippen LogP contribution is -2.42. The van der Waals surface area contributed by atoms with Gasteiger partial charge in [-0.1, -0.05) is 29.8 Å². The maximum Gasteiger partial charge on any atom is 0.336 e. The Kier molecular flexibility index (Phi) is 4.54. The van der Waals surface area contributed by atoms with E-state index in [1.807, 2.05) is 42.8 Å². The summed E-state index contributed by atoms with van der Waals surface area (Å²) in [5, 5.41) is 0.807. The van der Waals surface area contributed by atoms with Gasteiger partial charge in [0, 0.05) is 25.5 Å². The highest BCUT2D eigenvalue weighted by Gasteiger charge is 2.25. The number of para-hydroxylation sites is 1. The van der Waals surface area contributed by atoms with Crippen molar-refractivity contribution in [2.45, 2.75) is 26.3 Å². The molecule has 5 rings (SSSR count). The molecule has 3 heterocycles. The average molecular weight is 416 g/mol. The predicted octanol–water partition coefficient (Wildman–Crippen LogP) is 2.57. The number of aryl methyl sites for hydroxylation is 2. The highest BCUT2D eigenvalue weighted by molar-refractivity contribution is 6.06. The normalized spacial score (nSPS) is 14.1. The molecule has 1 amide bonds. The van der Waals surface area contributed by atoms with Gasteiger partial charge in [-0.15, -0.1) is 0 Å². The van der Waals surface area contributed by atoms with Crippen LogP contribution in [-0.4, -0.2) is 37.6 Å². The first-order valence-corrected chi connectivity index (χ1v) is 10.5. The molecular weight excluding hydrogens is 392 g/mol. The number of hydrogen-bond acceptors (Lipinski definition) is 3. The van der Waals surface area contributed by atoms with Crippen LogP contribution in [0.15, 0.2) is 58.1 Å². The van der Waals surface area contributed by atoms with E-state index >= 15 is 0 Å². The number of carbonyl (C=O) groups is 1. The first-order chi connectivity index (χ1) is 15.0. The molecule has 0 aliphatic carbocycles. The number of nitrogens with zero attached hydrogens (tertiary/aromatic N) is 4. The summed E-state index contributed by atoms with van der Waals surface area (Å²) < 4.78 is 4.47. The van der Waals surface area contributed by atoms with Gasteiger partial charge in [0.15, 0.2) is 0 Å². The molecule has 1 aliphatic heterocycles. The van der Waals surface area contributed by atoms with Gasteiger partial charge in [0.05, 0.1) is 16.7 Å². The molecule has 7 heteroatoms. The smallest absolute Gasteiger partial charge is 0.336 e.